The summed E-state index contributed by atoms with van der Waals surface area (Å²) in [6.45, 7) is 3.76. The summed E-state index contributed by atoms with van der Waals surface area (Å²) in [5.41, 5.74) is 6.13. The lowest BCUT2D eigenvalue weighted by Gasteiger charge is -2.13. The lowest BCUT2D eigenvalue weighted by Crippen LogP contribution is -2.22. The van der Waals surface area contributed by atoms with Crippen LogP contribution in [0, 0.1) is 23.1 Å². The number of halogens is 1. The van der Waals surface area contributed by atoms with E-state index in [-0.39, 0.29) is 23.4 Å². The van der Waals surface area contributed by atoms with Crippen LogP contribution in [0.15, 0.2) is 18.2 Å². The third-order valence-corrected chi connectivity index (χ3v) is 3.10. The highest BCUT2D eigenvalue weighted by atomic mass is 19.1. The van der Waals surface area contributed by atoms with E-state index in [1.807, 2.05) is 19.9 Å². The second-order valence-electron chi connectivity index (χ2n) is 5.10. The molecule has 0 bridgehead atoms. The zero-order chi connectivity index (χ0) is 15.1. The van der Waals surface area contributed by atoms with Crippen molar-refractivity contribution in [3.63, 3.8) is 0 Å². The van der Waals surface area contributed by atoms with Crippen molar-refractivity contribution in [1.82, 2.24) is 0 Å². The van der Waals surface area contributed by atoms with Crippen molar-refractivity contribution in [3.05, 3.63) is 29.6 Å². The van der Waals surface area contributed by atoms with E-state index in [2.05, 4.69) is 5.32 Å². The Hall–Kier alpha value is -1.93. The molecule has 20 heavy (non-hydrogen) atoms. The standard InChI is InChI=1S/C15H20FN3O/c1-10(4-3-5-11(2)18)15(20)19-14-7-6-13(16)8-12(14)9-17/h6-8,10-11H,3-5,18H2,1-2H3,(H,19,20). The van der Waals surface area contributed by atoms with Gasteiger partial charge in [0.1, 0.15) is 11.9 Å². The topological polar surface area (TPSA) is 78.9 Å². The molecule has 0 aliphatic heterocycles. The first kappa shape index (κ1) is 16.1. The molecule has 1 aromatic carbocycles. The van der Waals surface area contributed by atoms with Crippen LogP contribution < -0.4 is 11.1 Å². The Kier molecular flexibility index (Phi) is 6.13. The van der Waals surface area contributed by atoms with Crippen LogP contribution in [0.2, 0.25) is 0 Å². The van der Waals surface area contributed by atoms with Crippen LogP contribution in [0.5, 0.6) is 0 Å². The van der Waals surface area contributed by atoms with Gasteiger partial charge in [-0.1, -0.05) is 13.3 Å². The smallest absolute Gasteiger partial charge is 0.227 e. The summed E-state index contributed by atoms with van der Waals surface area (Å²) < 4.78 is 13.0. The predicted molar refractivity (Wildman–Crippen MR) is 76.4 cm³/mol. The fraction of sp³-hybridized carbons (Fsp3) is 0.467. The Labute approximate surface area is 118 Å². The molecule has 4 nitrogen and oxygen atoms in total. The highest BCUT2D eigenvalue weighted by Crippen LogP contribution is 2.18. The lowest BCUT2D eigenvalue weighted by atomic mass is 10.0. The van der Waals surface area contributed by atoms with E-state index < -0.39 is 5.82 Å². The molecule has 1 aromatic rings. The maximum Gasteiger partial charge on any atom is 0.227 e. The minimum absolute atomic E-state index is 0.126. The first-order valence-corrected chi connectivity index (χ1v) is 6.70. The monoisotopic (exact) mass is 277 g/mol. The van der Waals surface area contributed by atoms with Gasteiger partial charge in [0.25, 0.3) is 0 Å². The molecule has 0 fully saturated rings. The van der Waals surface area contributed by atoms with E-state index in [1.165, 1.54) is 12.1 Å². The minimum atomic E-state index is -0.496. The van der Waals surface area contributed by atoms with Gasteiger partial charge in [0.2, 0.25) is 5.91 Å². The average Bonchev–Trinajstić information content (AvgIpc) is 2.40. The molecule has 0 saturated heterocycles. The van der Waals surface area contributed by atoms with Gasteiger partial charge < -0.3 is 11.1 Å². The number of nitrogens with one attached hydrogen (secondary N) is 1. The maximum atomic E-state index is 13.0. The molecule has 0 aliphatic carbocycles. The molecule has 0 aliphatic rings. The normalized spacial score (nSPS) is 13.3. The Bertz CT molecular complexity index is 508. The number of nitrogens with zero attached hydrogens (tertiary/aromatic N) is 1. The summed E-state index contributed by atoms with van der Waals surface area (Å²) in [7, 11) is 0. The number of benzene rings is 1. The SMILES string of the molecule is CC(N)CCCC(C)C(=O)Nc1ccc(F)cc1C#N. The third kappa shape index (κ3) is 4.98. The van der Waals surface area contributed by atoms with Crippen LogP contribution in [0.25, 0.3) is 0 Å². The highest BCUT2D eigenvalue weighted by molar-refractivity contribution is 5.93. The molecule has 1 amide bonds. The Balaban J connectivity index is 2.60. The second-order valence-corrected chi connectivity index (χ2v) is 5.10. The van der Waals surface area contributed by atoms with Crippen molar-refractivity contribution in [1.29, 1.82) is 5.26 Å². The summed E-state index contributed by atoms with van der Waals surface area (Å²) in [5.74, 6) is -0.840. The van der Waals surface area contributed by atoms with Crippen LogP contribution in [0.3, 0.4) is 0 Å². The molecule has 0 radical (unpaired) electrons. The van der Waals surface area contributed by atoms with Gasteiger partial charge >= 0.3 is 0 Å². The molecular formula is C15H20FN3O. The highest BCUT2D eigenvalue weighted by Gasteiger charge is 2.15. The van der Waals surface area contributed by atoms with Crippen molar-refractivity contribution >= 4 is 11.6 Å². The van der Waals surface area contributed by atoms with Crippen LogP contribution >= 0.6 is 0 Å². The van der Waals surface area contributed by atoms with E-state index >= 15 is 0 Å². The molecule has 5 heteroatoms. The first-order chi connectivity index (χ1) is 9.43. The zero-order valence-electron chi connectivity index (χ0n) is 11.8. The summed E-state index contributed by atoms with van der Waals surface area (Å²) in [4.78, 5) is 12.0. The third-order valence-electron chi connectivity index (χ3n) is 3.10. The maximum absolute atomic E-state index is 13.0. The van der Waals surface area contributed by atoms with Crippen LogP contribution in [0.4, 0.5) is 10.1 Å². The summed E-state index contributed by atoms with van der Waals surface area (Å²) in [6, 6.07) is 5.73. The Morgan fingerprint density at radius 1 is 1.45 bits per heavy atom. The molecule has 2 unspecified atom stereocenters. The van der Waals surface area contributed by atoms with Gasteiger partial charge in [-0.15, -0.1) is 0 Å². The number of rotatable bonds is 6. The van der Waals surface area contributed by atoms with Gasteiger partial charge in [0, 0.05) is 12.0 Å². The zero-order valence-corrected chi connectivity index (χ0v) is 11.8. The molecule has 3 N–H and O–H groups in total. The van der Waals surface area contributed by atoms with Gasteiger partial charge in [-0.05, 0) is 38.0 Å². The van der Waals surface area contributed by atoms with Crippen molar-refractivity contribution < 1.29 is 9.18 Å². The quantitative estimate of drug-likeness (QED) is 0.839. The van der Waals surface area contributed by atoms with Crippen molar-refractivity contribution in [2.75, 3.05) is 5.32 Å². The molecule has 0 saturated carbocycles. The number of nitriles is 1. The van der Waals surface area contributed by atoms with Gasteiger partial charge in [-0.3, -0.25) is 4.79 Å². The summed E-state index contributed by atoms with van der Waals surface area (Å²) >= 11 is 0. The van der Waals surface area contributed by atoms with E-state index in [1.54, 1.807) is 0 Å². The minimum Gasteiger partial charge on any atom is -0.328 e. The fourth-order valence-corrected chi connectivity index (χ4v) is 1.85. The molecule has 0 spiro atoms. The van der Waals surface area contributed by atoms with E-state index in [4.69, 9.17) is 11.0 Å². The molecule has 2 atom stereocenters. The Morgan fingerprint density at radius 3 is 2.75 bits per heavy atom. The van der Waals surface area contributed by atoms with Crippen molar-refractivity contribution in [3.8, 4) is 6.07 Å². The molecule has 0 heterocycles. The van der Waals surface area contributed by atoms with Gasteiger partial charge in [-0.25, -0.2) is 4.39 Å². The molecule has 0 aromatic heterocycles. The van der Waals surface area contributed by atoms with E-state index in [0.717, 1.165) is 25.3 Å². The predicted octanol–water partition coefficient (Wildman–Crippen LogP) is 2.79. The lowest BCUT2D eigenvalue weighted by molar-refractivity contribution is -0.119. The number of nitrogens with two attached hydrogens (primary N) is 1. The number of anilines is 1. The van der Waals surface area contributed by atoms with Crippen LogP contribution in [-0.4, -0.2) is 11.9 Å². The molecule has 108 valence electrons. The van der Waals surface area contributed by atoms with Crippen LogP contribution in [-0.2, 0) is 4.79 Å². The Morgan fingerprint density at radius 2 is 2.15 bits per heavy atom. The fourth-order valence-electron chi connectivity index (χ4n) is 1.85. The average molecular weight is 277 g/mol. The summed E-state index contributed by atoms with van der Waals surface area (Å²) in [6.07, 6.45) is 2.48. The van der Waals surface area contributed by atoms with Gasteiger partial charge in [0.05, 0.1) is 11.3 Å². The molecule has 1 rings (SSSR count). The van der Waals surface area contributed by atoms with E-state index in [0.29, 0.717) is 5.69 Å². The second kappa shape index (κ2) is 7.61. The number of amides is 1. The van der Waals surface area contributed by atoms with Gasteiger partial charge in [-0.2, -0.15) is 5.26 Å². The summed E-state index contributed by atoms with van der Waals surface area (Å²) in [5, 5.41) is 11.6. The number of hydrogen-bond acceptors (Lipinski definition) is 3. The van der Waals surface area contributed by atoms with Crippen molar-refractivity contribution in [2.45, 2.75) is 39.2 Å². The van der Waals surface area contributed by atoms with Crippen LogP contribution in [0.1, 0.15) is 38.7 Å². The molecular weight excluding hydrogens is 257 g/mol. The number of carbonyl (C=O) groups is 1. The largest absolute Gasteiger partial charge is 0.328 e. The van der Waals surface area contributed by atoms with E-state index in [9.17, 15) is 9.18 Å². The van der Waals surface area contributed by atoms with Crippen molar-refractivity contribution in [2.24, 2.45) is 11.7 Å². The number of hydrogen-bond donors (Lipinski definition) is 2. The van der Waals surface area contributed by atoms with Gasteiger partial charge in [0.15, 0.2) is 0 Å². The first-order valence-electron chi connectivity index (χ1n) is 6.70. The number of carbonyl (C=O) groups excluding carboxylic acids is 1.